The van der Waals surface area contributed by atoms with Gasteiger partial charge in [0.1, 0.15) is 40.0 Å². The van der Waals surface area contributed by atoms with Gasteiger partial charge >= 0.3 is 17.9 Å². The van der Waals surface area contributed by atoms with E-state index < -0.39 is 16.8 Å². The average molecular weight is 1130 g/mol. The van der Waals surface area contributed by atoms with E-state index in [9.17, 15) is 9.59 Å². The maximum absolute atomic E-state index is 11.2. The second-order valence-corrected chi connectivity index (χ2v) is 20.1. The molecule has 0 bridgehead atoms. The Kier molecular flexibility index (Phi) is 28.7. The second kappa shape index (κ2) is 33.8. The van der Waals surface area contributed by atoms with Crippen molar-refractivity contribution in [3.8, 4) is 12.0 Å². The number of allylic oxidation sites excluding steroid dienone is 1. The van der Waals surface area contributed by atoms with Gasteiger partial charge in [-0.05, 0) is 67.7 Å². The van der Waals surface area contributed by atoms with Crippen molar-refractivity contribution in [2.45, 2.75) is 135 Å². The van der Waals surface area contributed by atoms with E-state index in [0.717, 1.165) is 48.1 Å². The molecule has 0 amide bonds. The lowest BCUT2D eigenvalue weighted by Gasteiger charge is -2.19. The van der Waals surface area contributed by atoms with Crippen molar-refractivity contribution in [2.75, 3.05) is 41.7 Å². The van der Waals surface area contributed by atoms with Crippen LogP contribution in [-0.2, 0) is 67.8 Å². The van der Waals surface area contributed by atoms with Gasteiger partial charge in [-0.3, -0.25) is 9.59 Å². The maximum Gasteiger partial charge on any atom is 0.319 e. The number of carbonyl (C=O) groups excluding carboxylic acids is 1. The van der Waals surface area contributed by atoms with Crippen LogP contribution in [0.25, 0.3) is 0 Å². The fraction of sp³-hybridized carbons (Fsp3) is 0.482. The summed E-state index contributed by atoms with van der Waals surface area (Å²) in [7, 11) is 6.28. The molecule has 0 aromatic carbocycles. The van der Waals surface area contributed by atoms with Crippen molar-refractivity contribution < 1.29 is 74.6 Å². The van der Waals surface area contributed by atoms with Gasteiger partial charge in [-0.25, -0.2) is 0 Å². The molecule has 25 nitrogen and oxygen atoms in total. The van der Waals surface area contributed by atoms with Gasteiger partial charge in [0.15, 0.2) is 28.8 Å². The Bertz CT molecular complexity index is 2810. The Balaban J connectivity index is 0.000000317. The summed E-state index contributed by atoms with van der Waals surface area (Å²) in [6.45, 7) is 26.1. The fourth-order valence-electron chi connectivity index (χ4n) is 6.07. The molecule has 0 radical (unpaired) electrons. The molecular weight excluding hydrogens is 1050 g/mol. The lowest BCUT2D eigenvalue weighted by atomic mass is 9.87. The molecule has 0 saturated heterocycles. The number of hydrogen-bond donors (Lipinski definition) is 1. The standard InChI is InChI=1S/C9H13NO.C8H11NO3.C8H13NO2.C7H6N2O.C7H9NO3.C7H11NO2.2C5H7NO2/c1-4-6-9(2,3)8-5-7-10-11-8;1-8(2,7(10)11-3)6-4-5-9-12-6;1-8(2,6-10-3)7-4-5-9-11-7;8-5-7(2-3-7)6-1-4-9-10-6;1-7(2,6(9)10)5-3-4-8-11-5;1-7(2,9-3)6-4-5-8-10-6;1-7-4-5-2-3-6-8-5;1-2-7-5-3-4-6-8-5/h4-5,7H,1,6H2,2-3H3;4-5H,1-3H3;4-5H,6H2,1-3H3;1,4H,2-3H2;3-4H,1-2H3,(H,9,10);4-5H,1-3H3;2-3H,4H2,1H3;3-4H,2H2,1H3. The molecule has 9 rings (SSSR count). The van der Waals surface area contributed by atoms with E-state index in [-0.39, 0.29) is 27.8 Å². The summed E-state index contributed by atoms with van der Waals surface area (Å²) in [5.74, 6) is 4.09. The molecule has 8 aromatic rings. The van der Waals surface area contributed by atoms with E-state index in [1.807, 2.05) is 39.0 Å². The zero-order chi connectivity index (χ0) is 60.6. The first-order chi connectivity index (χ1) is 38.4. The third-order valence-electron chi connectivity index (χ3n) is 11.6. The SMILES string of the molecule is C=CCC(C)(C)c1ccno1.CC(C)(C(=O)O)c1ccno1.CCOc1ccno1.COC(=O)C(C)(C)c1ccno1.COC(C)(C)c1ccno1.COCC(C)(C)c1ccno1.COCc1ccno1.N#CC1(c2ccno2)CC1. The van der Waals surface area contributed by atoms with E-state index in [1.54, 1.807) is 123 Å². The van der Waals surface area contributed by atoms with Gasteiger partial charge in [0, 0.05) is 80.7 Å². The minimum Gasteiger partial charge on any atom is -0.481 e. The number of carboxylic acids is 1. The zero-order valence-electron chi connectivity index (χ0n) is 48.9. The van der Waals surface area contributed by atoms with Crippen LogP contribution in [0.2, 0.25) is 0 Å². The summed E-state index contributed by atoms with van der Waals surface area (Å²) >= 11 is 0. The summed E-state index contributed by atoms with van der Waals surface area (Å²) in [4.78, 5) is 21.9. The Hall–Kier alpha value is -8.47. The quantitative estimate of drug-likeness (QED) is 0.0654. The Morgan fingerprint density at radius 2 is 1.05 bits per heavy atom. The highest BCUT2D eigenvalue weighted by Crippen LogP contribution is 2.47. The van der Waals surface area contributed by atoms with Gasteiger partial charge < -0.3 is 65.0 Å². The number of carbonyl (C=O) groups is 2. The molecule has 1 fully saturated rings. The van der Waals surface area contributed by atoms with Gasteiger partial charge in [-0.15, -0.1) is 6.58 Å². The van der Waals surface area contributed by atoms with Crippen LogP contribution in [0.4, 0.5) is 0 Å². The number of methoxy groups -OCH3 is 4. The first-order valence-corrected chi connectivity index (χ1v) is 25.1. The third kappa shape index (κ3) is 23.0. The van der Waals surface area contributed by atoms with E-state index in [4.69, 9.17) is 61.0 Å². The first-order valence-electron chi connectivity index (χ1n) is 25.1. The normalized spacial score (nSPS) is 12.2. The lowest BCUT2D eigenvalue weighted by Crippen LogP contribution is -2.29. The van der Waals surface area contributed by atoms with Crippen molar-refractivity contribution in [2.24, 2.45) is 0 Å². The molecule has 8 aromatic heterocycles. The molecule has 1 aliphatic rings. The Labute approximate surface area is 471 Å². The number of aliphatic carboxylic acids is 1. The molecule has 442 valence electrons. The van der Waals surface area contributed by atoms with Crippen LogP contribution in [0.5, 0.6) is 5.95 Å². The monoisotopic (exact) mass is 1130 g/mol. The smallest absolute Gasteiger partial charge is 0.319 e. The molecule has 0 atom stereocenters. The fourth-order valence-corrected chi connectivity index (χ4v) is 6.07. The molecule has 25 heteroatoms. The molecule has 1 aliphatic carbocycles. The van der Waals surface area contributed by atoms with Crippen LogP contribution in [0.3, 0.4) is 0 Å². The zero-order valence-corrected chi connectivity index (χ0v) is 48.9. The number of aromatic nitrogens is 8. The topological polar surface area (TPSA) is 333 Å². The van der Waals surface area contributed by atoms with Gasteiger partial charge in [0.25, 0.3) is 0 Å². The minimum atomic E-state index is -0.990. The van der Waals surface area contributed by atoms with Crippen molar-refractivity contribution in [3.05, 3.63) is 151 Å². The second-order valence-electron chi connectivity index (χ2n) is 20.1. The first kappa shape index (κ1) is 68.6. The molecule has 0 aliphatic heterocycles. The summed E-state index contributed by atoms with van der Waals surface area (Å²) in [6, 6.07) is 16.2. The van der Waals surface area contributed by atoms with Crippen LogP contribution >= 0.6 is 0 Å². The highest BCUT2D eigenvalue weighted by Gasteiger charge is 2.48. The highest BCUT2D eigenvalue weighted by molar-refractivity contribution is 5.81. The van der Waals surface area contributed by atoms with E-state index in [1.165, 1.54) is 19.5 Å². The summed E-state index contributed by atoms with van der Waals surface area (Å²) in [5.41, 5.74) is -2.47. The number of nitriles is 1. The van der Waals surface area contributed by atoms with Crippen LogP contribution in [0.1, 0.15) is 136 Å². The van der Waals surface area contributed by atoms with Crippen molar-refractivity contribution in [1.29, 1.82) is 5.26 Å². The van der Waals surface area contributed by atoms with Crippen LogP contribution in [0.15, 0.2) is 147 Å². The minimum absolute atomic E-state index is 0.0260. The van der Waals surface area contributed by atoms with E-state index in [2.05, 4.69) is 90.9 Å². The third-order valence-corrected chi connectivity index (χ3v) is 11.6. The molecule has 0 unspecified atom stereocenters. The number of hydrogen-bond acceptors (Lipinski definition) is 24. The van der Waals surface area contributed by atoms with Crippen LogP contribution in [0, 0.1) is 11.3 Å². The summed E-state index contributed by atoms with van der Waals surface area (Å²) in [6.07, 6.45) is 17.2. The lowest BCUT2D eigenvalue weighted by molar-refractivity contribution is -0.147. The van der Waals surface area contributed by atoms with Crippen molar-refractivity contribution >= 4 is 11.9 Å². The molecule has 1 N–H and O–H groups in total. The molecule has 8 heterocycles. The number of rotatable bonds is 17. The number of ether oxygens (including phenoxy) is 5. The Morgan fingerprint density at radius 1 is 0.605 bits per heavy atom. The van der Waals surface area contributed by atoms with Crippen molar-refractivity contribution in [1.82, 2.24) is 41.3 Å². The molecular formula is C56H77N9O16. The molecule has 1 saturated carbocycles. The molecule has 81 heavy (non-hydrogen) atoms. The van der Waals surface area contributed by atoms with E-state index >= 15 is 0 Å². The number of carboxylic acid groups (broad SMARTS) is 1. The highest BCUT2D eigenvalue weighted by atomic mass is 16.6. The predicted molar refractivity (Wildman–Crippen MR) is 289 cm³/mol. The Morgan fingerprint density at radius 3 is 1.41 bits per heavy atom. The van der Waals surface area contributed by atoms with Gasteiger partial charge in [0.05, 0.1) is 76.0 Å². The predicted octanol–water partition coefficient (Wildman–Crippen LogP) is 11.0. The van der Waals surface area contributed by atoms with Crippen molar-refractivity contribution in [3.63, 3.8) is 0 Å². The van der Waals surface area contributed by atoms with Gasteiger partial charge in [0.2, 0.25) is 0 Å². The maximum atomic E-state index is 11.2. The largest absolute Gasteiger partial charge is 0.481 e. The summed E-state index contributed by atoms with van der Waals surface area (Å²) in [5, 5.41) is 45.7. The average Bonchev–Trinajstić information content (AvgIpc) is 4.36. The van der Waals surface area contributed by atoms with Crippen LogP contribution in [-0.4, -0.2) is 100.0 Å². The molecule has 0 spiro atoms. The van der Waals surface area contributed by atoms with E-state index in [0.29, 0.717) is 37.3 Å². The van der Waals surface area contributed by atoms with Gasteiger partial charge in [-0.2, -0.15) is 5.26 Å². The summed E-state index contributed by atoms with van der Waals surface area (Å²) < 4.78 is 63.2. The number of esters is 1. The number of nitrogens with zero attached hydrogens (tertiary/aromatic N) is 9. The van der Waals surface area contributed by atoms with Gasteiger partial charge in [-0.1, -0.05) is 75.0 Å². The van der Waals surface area contributed by atoms with Crippen LogP contribution < -0.4 is 4.74 Å².